The zero-order chi connectivity index (χ0) is 18.2. The van der Waals surface area contributed by atoms with Crippen molar-refractivity contribution in [3.63, 3.8) is 0 Å². The fourth-order valence-electron chi connectivity index (χ4n) is 2.31. The molecule has 6 nitrogen and oxygen atoms in total. The number of carbonyl (C=O) groups is 1. The number of amides is 1. The van der Waals surface area contributed by atoms with Crippen molar-refractivity contribution in [2.75, 3.05) is 17.3 Å². The lowest BCUT2D eigenvalue weighted by atomic mass is 10.3. The van der Waals surface area contributed by atoms with Crippen LogP contribution < -0.4 is 5.32 Å². The Morgan fingerprint density at radius 3 is 2.96 bits per heavy atom. The van der Waals surface area contributed by atoms with Crippen LogP contribution >= 0.6 is 34.9 Å². The molecule has 0 aliphatic heterocycles. The molecule has 0 aliphatic rings. The SMILES string of the molecule is CSc1ccccc1NC(=O)CCSc1nnnn1CCc1cccs1. The molecule has 0 spiro atoms. The highest BCUT2D eigenvalue weighted by Gasteiger charge is 2.10. The number of aryl methyl sites for hydroxylation is 2. The summed E-state index contributed by atoms with van der Waals surface area (Å²) < 4.78 is 1.80. The molecule has 0 saturated heterocycles. The van der Waals surface area contributed by atoms with E-state index in [1.807, 2.05) is 36.6 Å². The van der Waals surface area contributed by atoms with Gasteiger partial charge in [-0.1, -0.05) is 30.0 Å². The summed E-state index contributed by atoms with van der Waals surface area (Å²) in [5.41, 5.74) is 0.857. The Hall–Kier alpha value is -1.84. The summed E-state index contributed by atoms with van der Waals surface area (Å²) in [5, 5.41) is 17.6. The highest BCUT2D eigenvalue weighted by atomic mass is 32.2. The van der Waals surface area contributed by atoms with Crippen molar-refractivity contribution >= 4 is 46.5 Å². The maximum Gasteiger partial charge on any atom is 0.225 e. The molecule has 26 heavy (non-hydrogen) atoms. The van der Waals surface area contributed by atoms with Gasteiger partial charge in [0.1, 0.15) is 0 Å². The normalized spacial score (nSPS) is 10.8. The summed E-state index contributed by atoms with van der Waals surface area (Å²) in [6.45, 7) is 0.739. The van der Waals surface area contributed by atoms with Crippen LogP contribution in [0.4, 0.5) is 5.69 Å². The lowest BCUT2D eigenvalue weighted by Gasteiger charge is -2.09. The number of thioether (sulfide) groups is 2. The second-order valence-electron chi connectivity index (χ2n) is 5.36. The Kier molecular flexibility index (Phi) is 7.10. The summed E-state index contributed by atoms with van der Waals surface area (Å²) in [7, 11) is 0. The molecule has 0 saturated carbocycles. The van der Waals surface area contributed by atoms with Crippen LogP contribution in [0.5, 0.6) is 0 Å². The lowest BCUT2D eigenvalue weighted by molar-refractivity contribution is -0.115. The van der Waals surface area contributed by atoms with Crippen LogP contribution in [0.15, 0.2) is 51.8 Å². The van der Waals surface area contributed by atoms with Gasteiger partial charge in [-0.2, -0.15) is 0 Å². The fraction of sp³-hybridized carbons (Fsp3) is 0.294. The Bertz CT molecular complexity index is 835. The number of para-hydroxylation sites is 1. The van der Waals surface area contributed by atoms with E-state index in [4.69, 9.17) is 0 Å². The van der Waals surface area contributed by atoms with Crippen LogP contribution in [0, 0.1) is 0 Å². The molecular formula is C17H19N5OS3. The number of thiophene rings is 1. The van der Waals surface area contributed by atoms with Crippen LogP contribution in [0.25, 0.3) is 0 Å². The number of anilines is 1. The molecule has 0 fully saturated rings. The molecule has 0 aliphatic carbocycles. The van der Waals surface area contributed by atoms with Crippen molar-refractivity contribution in [3.05, 3.63) is 46.7 Å². The predicted molar refractivity (Wildman–Crippen MR) is 108 cm³/mol. The monoisotopic (exact) mass is 405 g/mol. The van der Waals surface area contributed by atoms with Gasteiger partial charge in [-0.25, -0.2) is 4.68 Å². The number of tetrazole rings is 1. The number of benzene rings is 1. The van der Waals surface area contributed by atoms with Gasteiger partial charge in [-0.3, -0.25) is 4.79 Å². The van der Waals surface area contributed by atoms with Crippen molar-refractivity contribution in [1.29, 1.82) is 0 Å². The molecule has 1 N–H and O–H groups in total. The Balaban J connectivity index is 1.46. The van der Waals surface area contributed by atoms with Gasteiger partial charge in [-0.05, 0) is 40.3 Å². The topological polar surface area (TPSA) is 72.7 Å². The first-order chi connectivity index (χ1) is 12.8. The number of nitrogens with one attached hydrogen (secondary N) is 1. The summed E-state index contributed by atoms with van der Waals surface area (Å²) in [4.78, 5) is 14.6. The van der Waals surface area contributed by atoms with Crippen molar-refractivity contribution < 1.29 is 4.79 Å². The lowest BCUT2D eigenvalue weighted by Crippen LogP contribution is -2.13. The molecule has 3 aromatic rings. The summed E-state index contributed by atoms with van der Waals surface area (Å²) in [5.74, 6) is 0.628. The fourth-order valence-corrected chi connectivity index (χ4v) is 4.40. The molecule has 2 aromatic heterocycles. The van der Waals surface area contributed by atoms with E-state index >= 15 is 0 Å². The van der Waals surface area contributed by atoms with Crippen molar-refractivity contribution in [3.8, 4) is 0 Å². The maximum absolute atomic E-state index is 12.2. The summed E-state index contributed by atoms with van der Waals surface area (Å²) >= 11 is 4.85. The third kappa shape index (κ3) is 5.33. The average molecular weight is 406 g/mol. The molecule has 0 bridgehead atoms. The number of hydrogen-bond acceptors (Lipinski definition) is 7. The van der Waals surface area contributed by atoms with E-state index in [1.54, 1.807) is 27.8 Å². The van der Waals surface area contributed by atoms with Gasteiger partial charge < -0.3 is 5.32 Å². The second kappa shape index (κ2) is 9.75. The number of aromatic nitrogens is 4. The molecule has 3 rings (SSSR count). The minimum atomic E-state index is -0.00314. The number of hydrogen-bond donors (Lipinski definition) is 1. The minimum absolute atomic E-state index is 0.00314. The zero-order valence-corrected chi connectivity index (χ0v) is 16.7. The molecule has 0 atom stereocenters. The standard InChI is InChI=1S/C17H19N5OS3/c1-24-15-7-3-2-6-14(15)18-16(23)9-12-26-17-19-20-21-22(17)10-8-13-5-4-11-25-13/h2-7,11H,8-10,12H2,1H3,(H,18,23). The van der Waals surface area contributed by atoms with Crippen LogP contribution in [0.1, 0.15) is 11.3 Å². The first-order valence-electron chi connectivity index (χ1n) is 8.10. The maximum atomic E-state index is 12.2. The quantitative estimate of drug-likeness (QED) is 0.546. The Labute approximate surface area is 164 Å². The van der Waals surface area contributed by atoms with E-state index in [1.165, 1.54) is 16.6 Å². The molecular weight excluding hydrogens is 386 g/mol. The molecule has 0 radical (unpaired) electrons. The minimum Gasteiger partial charge on any atom is -0.325 e. The molecule has 9 heteroatoms. The van der Waals surface area contributed by atoms with Crippen LogP contribution in [-0.2, 0) is 17.8 Å². The molecule has 1 aromatic carbocycles. The van der Waals surface area contributed by atoms with Gasteiger partial charge in [0.15, 0.2) is 0 Å². The van der Waals surface area contributed by atoms with E-state index in [-0.39, 0.29) is 5.91 Å². The van der Waals surface area contributed by atoms with E-state index in [0.717, 1.165) is 28.7 Å². The van der Waals surface area contributed by atoms with Crippen LogP contribution in [0.3, 0.4) is 0 Å². The number of carbonyl (C=O) groups excluding carboxylic acids is 1. The van der Waals surface area contributed by atoms with Crippen molar-refractivity contribution in [2.45, 2.75) is 29.4 Å². The second-order valence-corrected chi connectivity index (χ2v) is 8.30. The summed E-state index contributed by atoms with van der Waals surface area (Å²) in [6.07, 6.45) is 3.31. The Morgan fingerprint density at radius 2 is 2.15 bits per heavy atom. The number of nitrogens with zero attached hydrogens (tertiary/aromatic N) is 4. The van der Waals surface area contributed by atoms with Gasteiger partial charge in [-0.15, -0.1) is 28.2 Å². The first-order valence-corrected chi connectivity index (χ1v) is 11.2. The van der Waals surface area contributed by atoms with Crippen LogP contribution in [-0.4, -0.2) is 38.1 Å². The molecule has 2 heterocycles. The molecule has 0 unspecified atom stereocenters. The highest BCUT2D eigenvalue weighted by molar-refractivity contribution is 7.99. The molecule has 1 amide bonds. The van der Waals surface area contributed by atoms with E-state index < -0.39 is 0 Å². The van der Waals surface area contributed by atoms with Gasteiger partial charge in [0, 0.05) is 28.4 Å². The van der Waals surface area contributed by atoms with E-state index in [0.29, 0.717) is 12.2 Å². The average Bonchev–Trinajstić information content (AvgIpc) is 3.32. The molecule has 136 valence electrons. The highest BCUT2D eigenvalue weighted by Crippen LogP contribution is 2.25. The smallest absolute Gasteiger partial charge is 0.225 e. The Morgan fingerprint density at radius 1 is 1.27 bits per heavy atom. The predicted octanol–water partition coefficient (Wildman–Crippen LogP) is 3.82. The van der Waals surface area contributed by atoms with E-state index in [2.05, 4.69) is 32.3 Å². The van der Waals surface area contributed by atoms with Crippen molar-refractivity contribution in [1.82, 2.24) is 20.2 Å². The zero-order valence-electron chi connectivity index (χ0n) is 14.3. The van der Waals surface area contributed by atoms with Crippen molar-refractivity contribution in [2.24, 2.45) is 0 Å². The van der Waals surface area contributed by atoms with Gasteiger partial charge >= 0.3 is 0 Å². The summed E-state index contributed by atoms with van der Waals surface area (Å²) in [6, 6.07) is 12.0. The largest absolute Gasteiger partial charge is 0.325 e. The first kappa shape index (κ1) is 18.9. The third-order valence-electron chi connectivity index (χ3n) is 3.59. The van der Waals surface area contributed by atoms with Crippen LogP contribution in [0.2, 0.25) is 0 Å². The van der Waals surface area contributed by atoms with Gasteiger partial charge in [0.2, 0.25) is 11.1 Å². The third-order valence-corrected chi connectivity index (χ3v) is 6.28. The van der Waals surface area contributed by atoms with Gasteiger partial charge in [0.05, 0.1) is 12.2 Å². The van der Waals surface area contributed by atoms with Gasteiger partial charge in [0.25, 0.3) is 0 Å². The van der Waals surface area contributed by atoms with E-state index in [9.17, 15) is 4.79 Å². The number of rotatable bonds is 9.